The fourth-order valence-electron chi connectivity index (χ4n) is 2.58. The molecule has 1 N–H and O–H groups in total. The van der Waals surface area contributed by atoms with Gasteiger partial charge >= 0.3 is 0 Å². The molecule has 0 saturated heterocycles. The summed E-state index contributed by atoms with van der Waals surface area (Å²) < 4.78 is 6.70. The van der Waals surface area contributed by atoms with E-state index in [0.29, 0.717) is 24.4 Å². The molecule has 0 fully saturated rings. The second-order valence-corrected chi connectivity index (χ2v) is 6.19. The average molecular weight is 371 g/mol. The fraction of sp³-hybridized carbons (Fsp3) is 0.350. The lowest BCUT2D eigenvalue weighted by Crippen LogP contribution is -2.33. The summed E-state index contributed by atoms with van der Waals surface area (Å²) >= 11 is 0. The van der Waals surface area contributed by atoms with E-state index in [2.05, 4.69) is 5.32 Å². The third-order valence-electron chi connectivity index (χ3n) is 4.15. The minimum absolute atomic E-state index is 0.0491. The molecule has 2 amide bonds. The van der Waals surface area contributed by atoms with Gasteiger partial charge in [-0.25, -0.2) is 0 Å². The fourth-order valence-corrected chi connectivity index (χ4v) is 2.58. The van der Waals surface area contributed by atoms with Crippen LogP contribution in [0.5, 0.6) is 5.75 Å². The lowest BCUT2D eigenvalue weighted by molar-refractivity contribution is -0.118. The van der Waals surface area contributed by atoms with Crippen molar-refractivity contribution in [1.29, 1.82) is 0 Å². The molecule has 2 aromatic rings. The summed E-state index contributed by atoms with van der Waals surface area (Å²) in [5, 5.41) is 2.53. The van der Waals surface area contributed by atoms with Gasteiger partial charge in [-0.15, -0.1) is 0 Å². The highest BCUT2D eigenvalue weighted by Crippen LogP contribution is 2.12. The van der Waals surface area contributed by atoms with Gasteiger partial charge in [-0.1, -0.05) is 17.7 Å². The Morgan fingerprint density at radius 1 is 1.15 bits per heavy atom. The lowest BCUT2D eigenvalue weighted by Gasteiger charge is -2.19. The summed E-state index contributed by atoms with van der Waals surface area (Å²) in [5.41, 5.74) is 1.09. The Labute approximate surface area is 158 Å². The molecule has 0 unspecified atom stereocenters. The van der Waals surface area contributed by atoms with Crippen molar-refractivity contribution < 1.29 is 14.3 Å². The average Bonchev–Trinajstić information content (AvgIpc) is 2.65. The van der Waals surface area contributed by atoms with Crippen molar-refractivity contribution in [3.05, 3.63) is 58.0 Å². The van der Waals surface area contributed by atoms with E-state index in [9.17, 15) is 14.4 Å². The van der Waals surface area contributed by atoms with Crippen molar-refractivity contribution in [3.63, 3.8) is 0 Å². The number of carbonyl (C=O) groups excluding carboxylic acids is 2. The third kappa shape index (κ3) is 5.20. The van der Waals surface area contributed by atoms with Gasteiger partial charge in [-0.3, -0.25) is 14.4 Å². The molecule has 7 heteroatoms. The van der Waals surface area contributed by atoms with Crippen LogP contribution in [0.15, 0.2) is 41.3 Å². The zero-order chi connectivity index (χ0) is 20.0. The summed E-state index contributed by atoms with van der Waals surface area (Å²) in [6, 6.07) is 8.71. The molecule has 27 heavy (non-hydrogen) atoms. The number of nitrogens with zero attached hydrogens (tertiary/aromatic N) is 2. The second-order valence-electron chi connectivity index (χ2n) is 6.19. The number of rotatable bonds is 7. The Balaban J connectivity index is 2.12. The smallest absolute Gasteiger partial charge is 0.274 e. The van der Waals surface area contributed by atoms with Gasteiger partial charge in [0.1, 0.15) is 11.4 Å². The number of pyridine rings is 1. The number of benzene rings is 1. The molecule has 0 spiro atoms. The number of carbonyl (C=O) groups is 2. The molecular weight excluding hydrogens is 346 g/mol. The molecule has 1 aromatic heterocycles. The summed E-state index contributed by atoms with van der Waals surface area (Å²) in [7, 11) is 1.54. The monoisotopic (exact) mass is 371 g/mol. The SMILES string of the molecule is CCN(CC)C(=O)c1cc(NC(=O)COc2ccc(C)cc2)c(=O)n(C)c1. The van der Waals surface area contributed by atoms with Gasteiger partial charge in [0.25, 0.3) is 17.4 Å². The second kappa shape index (κ2) is 9.02. The molecule has 144 valence electrons. The van der Waals surface area contributed by atoms with Crippen molar-refractivity contribution in [2.75, 3.05) is 25.0 Å². The van der Waals surface area contributed by atoms with E-state index in [1.165, 1.54) is 16.8 Å². The molecule has 7 nitrogen and oxygen atoms in total. The molecule has 0 aliphatic carbocycles. The molecule has 0 aliphatic heterocycles. The number of aryl methyl sites for hydroxylation is 2. The van der Waals surface area contributed by atoms with Crippen LogP contribution in [0.3, 0.4) is 0 Å². The number of hydrogen-bond donors (Lipinski definition) is 1. The van der Waals surface area contributed by atoms with Crippen LogP contribution in [0.2, 0.25) is 0 Å². The van der Waals surface area contributed by atoms with Gasteiger partial charge in [0.05, 0.1) is 5.56 Å². The highest BCUT2D eigenvalue weighted by Gasteiger charge is 2.17. The zero-order valence-corrected chi connectivity index (χ0v) is 16.1. The first-order valence-electron chi connectivity index (χ1n) is 8.85. The van der Waals surface area contributed by atoms with Crippen molar-refractivity contribution in [2.45, 2.75) is 20.8 Å². The largest absolute Gasteiger partial charge is 0.484 e. The first kappa shape index (κ1) is 20.2. The summed E-state index contributed by atoms with van der Waals surface area (Å²) in [6.45, 7) is 6.61. The number of amides is 2. The van der Waals surface area contributed by atoms with Crippen LogP contribution in [0.4, 0.5) is 5.69 Å². The number of ether oxygens (including phenoxy) is 1. The van der Waals surface area contributed by atoms with Crippen LogP contribution in [0, 0.1) is 6.92 Å². The standard InChI is InChI=1S/C20H25N3O4/c1-5-23(6-2)19(25)15-11-17(20(26)22(4)12-15)21-18(24)13-27-16-9-7-14(3)8-10-16/h7-12H,5-6,13H2,1-4H3,(H,21,24). The Bertz CT molecular complexity index is 868. The maximum absolute atomic E-state index is 12.5. The molecule has 0 aliphatic rings. The Hall–Kier alpha value is -3.09. The van der Waals surface area contributed by atoms with Crippen LogP contribution in [-0.4, -0.2) is 41.0 Å². The molecule has 0 bridgehead atoms. The van der Waals surface area contributed by atoms with Gasteiger partial charge in [0, 0.05) is 26.3 Å². The maximum Gasteiger partial charge on any atom is 0.274 e. The highest BCUT2D eigenvalue weighted by atomic mass is 16.5. The Kier molecular flexibility index (Phi) is 6.76. The van der Waals surface area contributed by atoms with Gasteiger partial charge in [-0.05, 0) is 39.0 Å². The van der Waals surface area contributed by atoms with Crippen molar-refractivity contribution >= 4 is 17.5 Å². The van der Waals surface area contributed by atoms with E-state index in [4.69, 9.17) is 4.74 Å². The van der Waals surface area contributed by atoms with E-state index in [1.807, 2.05) is 32.9 Å². The van der Waals surface area contributed by atoms with Crippen LogP contribution in [0.25, 0.3) is 0 Å². The lowest BCUT2D eigenvalue weighted by atomic mass is 10.2. The number of aromatic nitrogens is 1. The van der Waals surface area contributed by atoms with Crippen molar-refractivity contribution in [3.8, 4) is 5.75 Å². The summed E-state index contributed by atoms with van der Waals surface area (Å²) in [6.07, 6.45) is 1.47. The normalized spacial score (nSPS) is 10.4. The summed E-state index contributed by atoms with van der Waals surface area (Å²) in [4.78, 5) is 38.6. The van der Waals surface area contributed by atoms with Crippen LogP contribution >= 0.6 is 0 Å². The van der Waals surface area contributed by atoms with Gasteiger partial charge in [-0.2, -0.15) is 0 Å². The quantitative estimate of drug-likeness (QED) is 0.809. The topological polar surface area (TPSA) is 80.6 Å². The molecule has 1 heterocycles. The van der Waals surface area contributed by atoms with Crippen LogP contribution in [0.1, 0.15) is 29.8 Å². The molecule has 1 aromatic carbocycles. The van der Waals surface area contributed by atoms with Gasteiger partial charge < -0.3 is 19.5 Å². The summed E-state index contributed by atoms with van der Waals surface area (Å²) in [5.74, 6) is -0.101. The zero-order valence-electron chi connectivity index (χ0n) is 16.1. The van der Waals surface area contributed by atoms with E-state index in [-0.39, 0.29) is 18.2 Å². The van der Waals surface area contributed by atoms with E-state index in [1.54, 1.807) is 24.1 Å². The maximum atomic E-state index is 12.5. The van der Waals surface area contributed by atoms with E-state index < -0.39 is 11.5 Å². The predicted octanol–water partition coefficient (Wildman–Crippen LogP) is 2.19. The minimum atomic E-state index is -0.472. The third-order valence-corrected chi connectivity index (χ3v) is 4.15. The highest BCUT2D eigenvalue weighted by molar-refractivity contribution is 5.97. The van der Waals surface area contributed by atoms with E-state index >= 15 is 0 Å². The number of anilines is 1. The van der Waals surface area contributed by atoms with Crippen LogP contribution < -0.4 is 15.6 Å². The molecular formula is C20H25N3O4. The first-order chi connectivity index (χ1) is 12.8. The molecule has 0 atom stereocenters. The van der Waals surface area contributed by atoms with Gasteiger partial charge in [0.2, 0.25) is 0 Å². The molecule has 2 rings (SSSR count). The first-order valence-corrected chi connectivity index (χ1v) is 8.85. The molecule has 0 saturated carbocycles. The Morgan fingerprint density at radius 3 is 2.37 bits per heavy atom. The minimum Gasteiger partial charge on any atom is -0.484 e. The predicted molar refractivity (Wildman–Crippen MR) is 104 cm³/mol. The van der Waals surface area contributed by atoms with E-state index in [0.717, 1.165) is 5.56 Å². The Morgan fingerprint density at radius 2 is 1.78 bits per heavy atom. The van der Waals surface area contributed by atoms with Crippen molar-refractivity contribution in [1.82, 2.24) is 9.47 Å². The van der Waals surface area contributed by atoms with Crippen LogP contribution in [-0.2, 0) is 11.8 Å². The molecule has 0 radical (unpaired) electrons. The number of nitrogens with one attached hydrogen (secondary N) is 1. The number of hydrogen-bond acceptors (Lipinski definition) is 4. The van der Waals surface area contributed by atoms with Crippen molar-refractivity contribution in [2.24, 2.45) is 7.05 Å². The van der Waals surface area contributed by atoms with Gasteiger partial charge in [0.15, 0.2) is 6.61 Å².